The zero-order valence-corrected chi connectivity index (χ0v) is 10.5. The van der Waals surface area contributed by atoms with Crippen molar-refractivity contribution < 1.29 is 4.79 Å². The Balaban J connectivity index is 2.49. The molecule has 1 aromatic heterocycles. The molecule has 86 valence electrons. The highest BCUT2D eigenvalue weighted by molar-refractivity contribution is 5.91. The molecule has 1 aliphatic rings. The van der Waals surface area contributed by atoms with Crippen molar-refractivity contribution in [1.82, 2.24) is 4.98 Å². The molecule has 1 atom stereocenters. The zero-order chi connectivity index (χ0) is 11.9. The lowest BCUT2D eigenvalue weighted by Gasteiger charge is -2.30. The number of Topliss-reactive ketones (excluding diaryl/α,β-unsaturated/α-hetero) is 1. The molecule has 1 aliphatic carbocycles. The Morgan fingerprint density at radius 1 is 1.38 bits per heavy atom. The second-order valence-corrected chi connectivity index (χ2v) is 5.76. The molecular weight excluding hydrogens is 198 g/mol. The molecule has 0 bridgehead atoms. The van der Waals surface area contributed by atoms with Gasteiger partial charge in [0.1, 0.15) is 5.78 Å². The summed E-state index contributed by atoms with van der Waals surface area (Å²) in [6.45, 7) is 8.48. The quantitative estimate of drug-likeness (QED) is 0.723. The molecule has 1 unspecified atom stereocenters. The smallest absolute Gasteiger partial charge is 0.140 e. The van der Waals surface area contributed by atoms with Crippen LogP contribution in [0.2, 0.25) is 0 Å². The maximum Gasteiger partial charge on any atom is 0.140 e. The number of aromatic nitrogens is 1. The van der Waals surface area contributed by atoms with Gasteiger partial charge in [0.05, 0.1) is 0 Å². The van der Waals surface area contributed by atoms with Crippen LogP contribution in [-0.4, -0.2) is 10.8 Å². The molecule has 1 aromatic rings. The molecule has 1 saturated carbocycles. The average Bonchev–Trinajstić information content (AvgIpc) is 2.13. The Bertz CT molecular complexity index is 429. The molecule has 0 N–H and O–H groups in total. The van der Waals surface area contributed by atoms with Gasteiger partial charge >= 0.3 is 0 Å². The van der Waals surface area contributed by atoms with E-state index in [0.29, 0.717) is 5.78 Å². The van der Waals surface area contributed by atoms with Gasteiger partial charge in [-0.2, -0.15) is 0 Å². The summed E-state index contributed by atoms with van der Waals surface area (Å²) in [6.07, 6.45) is 3.63. The summed E-state index contributed by atoms with van der Waals surface area (Å²) in [5.74, 6) is 0.486. The molecule has 0 saturated heterocycles. The van der Waals surface area contributed by atoms with Crippen molar-refractivity contribution in [2.45, 2.75) is 51.9 Å². The summed E-state index contributed by atoms with van der Waals surface area (Å²) in [6, 6.07) is 2.13. The van der Waals surface area contributed by atoms with Crippen LogP contribution in [0.25, 0.3) is 0 Å². The molecule has 0 spiro atoms. The van der Waals surface area contributed by atoms with Gasteiger partial charge in [-0.1, -0.05) is 26.8 Å². The maximum atomic E-state index is 11.6. The standard InChI is InChI=1S/C14H19NO/c1-9-7-11(10-5-6-12(10)16)13(15-8-9)14(2,3)4/h7-8,10H,5-6H2,1-4H3. The topological polar surface area (TPSA) is 30.0 Å². The number of carbonyl (C=O) groups excluding carboxylic acids is 1. The first kappa shape index (κ1) is 11.3. The summed E-state index contributed by atoms with van der Waals surface area (Å²) in [7, 11) is 0. The van der Waals surface area contributed by atoms with Gasteiger partial charge in [0.2, 0.25) is 0 Å². The number of nitrogens with zero attached hydrogens (tertiary/aromatic N) is 1. The van der Waals surface area contributed by atoms with Crippen molar-refractivity contribution in [3.05, 3.63) is 29.1 Å². The van der Waals surface area contributed by atoms with Crippen molar-refractivity contribution in [2.24, 2.45) is 0 Å². The normalized spacial score (nSPS) is 20.8. The second kappa shape index (κ2) is 3.69. The van der Waals surface area contributed by atoms with Crippen LogP contribution in [0.5, 0.6) is 0 Å². The number of carbonyl (C=O) groups is 1. The molecule has 2 rings (SSSR count). The molecule has 1 fully saturated rings. The number of hydrogen-bond donors (Lipinski definition) is 0. The minimum Gasteiger partial charge on any atom is -0.299 e. The van der Waals surface area contributed by atoms with Crippen molar-refractivity contribution in [1.29, 1.82) is 0 Å². The van der Waals surface area contributed by atoms with E-state index in [0.717, 1.165) is 29.7 Å². The number of rotatable bonds is 1. The largest absolute Gasteiger partial charge is 0.299 e. The van der Waals surface area contributed by atoms with E-state index in [2.05, 4.69) is 31.8 Å². The monoisotopic (exact) mass is 217 g/mol. The predicted octanol–water partition coefficient (Wildman–Crippen LogP) is 3.13. The SMILES string of the molecule is Cc1cnc(C(C)(C)C)c(C2CCC2=O)c1. The third kappa shape index (κ3) is 1.89. The van der Waals surface area contributed by atoms with Crippen molar-refractivity contribution in [2.75, 3.05) is 0 Å². The molecule has 0 aliphatic heterocycles. The Morgan fingerprint density at radius 3 is 2.50 bits per heavy atom. The molecular formula is C14H19NO. The lowest BCUT2D eigenvalue weighted by atomic mass is 9.74. The predicted molar refractivity (Wildman–Crippen MR) is 64.7 cm³/mol. The highest BCUT2D eigenvalue weighted by atomic mass is 16.1. The van der Waals surface area contributed by atoms with E-state index < -0.39 is 0 Å². The molecule has 16 heavy (non-hydrogen) atoms. The first-order valence-electron chi connectivity index (χ1n) is 5.89. The molecule has 0 radical (unpaired) electrons. The van der Waals surface area contributed by atoms with Gasteiger partial charge in [0, 0.05) is 29.6 Å². The van der Waals surface area contributed by atoms with Gasteiger partial charge in [-0.15, -0.1) is 0 Å². The molecule has 1 heterocycles. The van der Waals surface area contributed by atoms with E-state index in [1.165, 1.54) is 0 Å². The zero-order valence-electron chi connectivity index (χ0n) is 10.5. The van der Waals surface area contributed by atoms with Crippen LogP contribution in [0.15, 0.2) is 12.3 Å². The van der Waals surface area contributed by atoms with Crippen LogP contribution in [0.4, 0.5) is 0 Å². The summed E-state index contributed by atoms with van der Waals surface area (Å²) < 4.78 is 0. The molecule has 0 amide bonds. The van der Waals surface area contributed by atoms with Gasteiger partial charge in [-0.25, -0.2) is 0 Å². The van der Waals surface area contributed by atoms with Crippen molar-refractivity contribution in [3.8, 4) is 0 Å². The molecule has 2 nitrogen and oxygen atoms in total. The summed E-state index contributed by atoms with van der Waals surface area (Å²) in [4.78, 5) is 16.1. The second-order valence-electron chi connectivity index (χ2n) is 5.76. The lowest BCUT2D eigenvalue weighted by Crippen LogP contribution is -2.28. The fourth-order valence-electron chi connectivity index (χ4n) is 2.22. The van der Waals surface area contributed by atoms with Crippen LogP contribution < -0.4 is 0 Å². The lowest BCUT2D eigenvalue weighted by molar-refractivity contribution is -0.125. The van der Waals surface area contributed by atoms with Crippen molar-refractivity contribution >= 4 is 5.78 Å². The number of hydrogen-bond acceptors (Lipinski definition) is 2. The summed E-state index contributed by atoms with van der Waals surface area (Å²) in [5.41, 5.74) is 3.39. The third-order valence-corrected chi connectivity index (χ3v) is 3.21. The third-order valence-electron chi connectivity index (χ3n) is 3.21. The van der Waals surface area contributed by atoms with Gasteiger partial charge in [0.25, 0.3) is 0 Å². The van der Waals surface area contributed by atoms with Crippen LogP contribution in [-0.2, 0) is 10.2 Å². The Morgan fingerprint density at radius 2 is 2.06 bits per heavy atom. The van der Waals surface area contributed by atoms with Crippen LogP contribution >= 0.6 is 0 Å². The molecule has 2 heteroatoms. The fourth-order valence-corrected chi connectivity index (χ4v) is 2.22. The minimum atomic E-state index is 0.0128. The Kier molecular flexibility index (Phi) is 2.61. The number of aryl methyl sites for hydroxylation is 1. The van der Waals surface area contributed by atoms with E-state index in [-0.39, 0.29) is 11.3 Å². The number of ketones is 1. The van der Waals surface area contributed by atoms with E-state index >= 15 is 0 Å². The highest BCUT2D eigenvalue weighted by Crippen LogP contribution is 2.38. The van der Waals surface area contributed by atoms with Crippen LogP contribution in [0.1, 0.15) is 56.4 Å². The van der Waals surface area contributed by atoms with Gasteiger partial charge < -0.3 is 0 Å². The average molecular weight is 217 g/mol. The van der Waals surface area contributed by atoms with E-state index in [4.69, 9.17) is 0 Å². The first-order valence-corrected chi connectivity index (χ1v) is 5.89. The fraction of sp³-hybridized carbons (Fsp3) is 0.571. The number of pyridine rings is 1. The van der Waals surface area contributed by atoms with Gasteiger partial charge in [0.15, 0.2) is 0 Å². The van der Waals surface area contributed by atoms with Crippen molar-refractivity contribution in [3.63, 3.8) is 0 Å². The summed E-state index contributed by atoms with van der Waals surface area (Å²) >= 11 is 0. The summed E-state index contributed by atoms with van der Waals surface area (Å²) in [5, 5.41) is 0. The van der Waals surface area contributed by atoms with E-state index in [9.17, 15) is 4.79 Å². The van der Waals surface area contributed by atoms with Crippen LogP contribution in [0.3, 0.4) is 0 Å². The van der Waals surface area contributed by atoms with E-state index in [1.807, 2.05) is 13.1 Å². The Hall–Kier alpha value is -1.18. The first-order chi connectivity index (χ1) is 7.39. The van der Waals surface area contributed by atoms with Crippen LogP contribution in [0, 0.1) is 6.92 Å². The molecule has 0 aromatic carbocycles. The minimum absolute atomic E-state index is 0.0128. The van der Waals surface area contributed by atoms with Gasteiger partial charge in [-0.3, -0.25) is 9.78 Å². The highest BCUT2D eigenvalue weighted by Gasteiger charge is 2.34. The van der Waals surface area contributed by atoms with Gasteiger partial charge in [-0.05, 0) is 24.5 Å². The van der Waals surface area contributed by atoms with E-state index in [1.54, 1.807) is 0 Å². The maximum absolute atomic E-state index is 11.6. The Labute approximate surface area is 97.1 Å².